The molecule has 28 valence electrons. The Kier molecular flexibility index (Phi) is 205. The first-order valence-electron chi connectivity index (χ1n) is 0. The molecule has 0 aliphatic rings. The normalized spacial score (nSPS) is 0. The molecule has 5 heavy (non-hydrogen) atoms. The summed E-state index contributed by atoms with van der Waals surface area (Å²) in [5.41, 5.74) is 0. The molecule has 0 rings (SSSR count). The predicted octanol–water partition coefficient (Wildman–Crippen LogP) is -1.84. The van der Waals surface area contributed by atoms with Crippen molar-refractivity contribution in [2.75, 3.05) is 0 Å². The average Bonchev–Trinajstić information content (AvgIpc) is 0. The number of hydrogen-bond acceptors (Lipinski definition) is 0. The molecule has 0 N–H and O–H groups in total. The second-order valence-electron chi connectivity index (χ2n) is 0. The summed E-state index contributed by atoms with van der Waals surface area (Å²) < 4.78 is 0. The van der Waals surface area contributed by atoms with Crippen molar-refractivity contribution >= 4 is 54.8 Å². The minimum atomic E-state index is 0. The summed E-state index contributed by atoms with van der Waals surface area (Å²) in [4.78, 5) is 0. The van der Waals surface area contributed by atoms with Gasteiger partial charge in [-0.15, -0.1) is 0 Å². The minimum absolute atomic E-state index is 0. The van der Waals surface area contributed by atoms with Crippen LogP contribution in [0.25, 0.3) is 0 Å². The molecule has 0 aliphatic heterocycles. The zero-order valence-corrected chi connectivity index (χ0v) is 9.41. The van der Waals surface area contributed by atoms with Crippen molar-refractivity contribution in [2.24, 2.45) is 0 Å². The zero-order valence-electron chi connectivity index (χ0n) is 1.97. The molecule has 0 nitrogen and oxygen atoms in total. The van der Waals surface area contributed by atoms with E-state index in [1.807, 2.05) is 0 Å². The first kappa shape index (κ1) is 39.4. The monoisotopic (exact) mass is 296 g/mol. The van der Waals surface area contributed by atoms with Gasteiger partial charge in [0.2, 0.25) is 0 Å². The molecule has 0 unspecified atom stereocenters. The third kappa shape index (κ3) is 18.6. The Labute approximate surface area is 106 Å². The molecule has 0 aromatic rings. The van der Waals surface area contributed by atoms with Gasteiger partial charge in [0.25, 0.3) is 0 Å². The van der Waals surface area contributed by atoms with Gasteiger partial charge in [0.05, 0.1) is 0 Å². The van der Waals surface area contributed by atoms with Crippen molar-refractivity contribution < 1.29 is 53.9 Å². The summed E-state index contributed by atoms with van der Waals surface area (Å²) in [6.45, 7) is 0. The molecule has 0 aromatic heterocycles. The van der Waals surface area contributed by atoms with E-state index in [2.05, 4.69) is 0 Å². The van der Waals surface area contributed by atoms with E-state index in [1.54, 1.807) is 0 Å². The summed E-state index contributed by atoms with van der Waals surface area (Å²) in [7, 11) is 0. The fourth-order valence-electron chi connectivity index (χ4n) is 0. The van der Waals surface area contributed by atoms with Crippen LogP contribution in [0.5, 0.6) is 0 Å². The fourth-order valence-corrected chi connectivity index (χ4v) is 0. The Hall–Kier alpha value is 3.45. The van der Waals surface area contributed by atoms with Crippen LogP contribution in [0, 0.1) is 0 Å². The zero-order chi connectivity index (χ0) is 0. The van der Waals surface area contributed by atoms with Crippen molar-refractivity contribution in [3.63, 3.8) is 0 Å². The smallest absolute Gasteiger partial charge is 0 e. The van der Waals surface area contributed by atoms with Gasteiger partial charge in [0, 0.05) is 53.9 Å². The van der Waals surface area contributed by atoms with E-state index in [1.165, 1.54) is 0 Å². The van der Waals surface area contributed by atoms with Gasteiger partial charge in [-0.05, 0) is 0 Å². The summed E-state index contributed by atoms with van der Waals surface area (Å²) in [6.07, 6.45) is 0. The molecule has 0 radical (unpaired) electrons. The molecule has 0 heterocycles. The van der Waals surface area contributed by atoms with E-state index in [-0.39, 0.29) is 109 Å². The van der Waals surface area contributed by atoms with Crippen LogP contribution in [0.4, 0.5) is 0 Å². The summed E-state index contributed by atoms with van der Waals surface area (Å²) >= 11 is 0. The number of rotatable bonds is 0. The molecular formula is H4CaCrFeSeZn. The fraction of sp³-hybridized carbons (Fsp3) is 0. The second-order valence-corrected chi connectivity index (χ2v) is 0. The van der Waals surface area contributed by atoms with Crippen molar-refractivity contribution in [2.45, 2.75) is 0 Å². The van der Waals surface area contributed by atoms with Crippen LogP contribution >= 0.6 is 0 Å². The molecule has 0 amide bonds. The summed E-state index contributed by atoms with van der Waals surface area (Å²) in [6, 6.07) is 0. The first-order chi connectivity index (χ1) is 0. The molecular weight excluding hydrogens is 292 g/mol. The molecule has 5 heteroatoms. The van der Waals surface area contributed by atoms with Gasteiger partial charge in [0.15, 0.2) is 0 Å². The third-order valence-electron chi connectivity index (χ3n) is 0. The van der Waals surface area contributed by atoms with Crippen LogP contribution in [0.3, 0.4) is 0 Å². The van der Waals surface area contributed by atoms with Crippen LogP contribution in [0.1, 0.15) is 0 Å². The van der Waals surface area contributed by atoms with Crippen LogP contribution in [0.15, 0.2) is 0 Å². The van der Waals surface area contributed by atoms with Gasteiger partial charge in [-0.1, -0.05) is 0 Å². The van der Waals surface area contributed by atoms with Gasteiger partial charge in [-0.25, -0.2) is 0 Å². The Balaban J connectivity index is 0. The molecule has 0 saturated heterocycles. The first-order valence-corrected chi connectivity index (χ1v) is 0. The molecule has 0 fully saturated rings. The molecule has 0 atom stereocenters. The third-order valence-corrected chi connectivity index (χ3v) is 0. The van der Waals surface area contributed by atoms with Crippen molar-refractivity contribution in [3.05, 3.63) is 0 Å². The minimum Gasteiger partial charge on any atom is 0 e. The summed E-state index contributed by atoms with van der Waals surface area (Å²) in [5.74, 6) is 0. The Bertz CT molecular complexity index is 11.6. The predicted molar refractivity (Wildman–Crippen MR) is 17.1 cm³/mol. The van der Waals surface area contributed by atoms with Gasteiger partial charge in [-0.3, -0.25) is 0 Å². The van der Waals surface area contributed by atoms with Gasteiger partial charge in [-0.2, -0.15) is 0 Å². The molecule has 0 aromatic carbocycles. The van der Waals surface area contributed by atoms with E-state index in [4.69, 9.17) is 0 Å². The Morgan fingerprint density at radius 3 is 1.00 bits per heavy atom. The van der Waals surface area contributed by atoms with Gasteiger partial charge in [0.1, 0.15) is 0 Å². The maximum absolute atomic E-state index is 0. The van der Waals surface area contributed by atoms with Crippen LogP contribution in [-0.4, -0.2) is 54.8 Å². The maximum atomic E-state index is 0. The van der Waals surface area contributed by atoms with Crippen molar-refractivity contribution in [3.8, 4) is 0 Å². The van der Waals surface area contributed by atoms with Crippen molar-refractivity contribution in [1.82, 2.24) is 0 Å². The standard InChI is InChI=1S/Ca.Cr.Fe.H2Se.Zn.2H/h;;;1H2;;;. The van der Waals surface area contributed by atoms with Crippen molar-refractivity contribution in [1.29, 1.82) is 0 Å². The van der Waals surface area contributed by atoms with Crippen LogP contribution < -0.4 is 0 Å². The Morgan fingerprint density at radius 1 is 1.00 bits per heavy atom. The van der Waals surface area contributed by atoms with E-state index in [9.17, 15) is 0 Å². The molecule has 0 spiro atoms. The van der Waals surface area contributed by atoms with E-state index in [0.717, 1.165) is 0 Å². The summed E-state index contributed by atoms with van der Waals surface area (Å²) in [5, 5.41) is 0. The van der Waals surface area contributed by atoms with E-state index < -0.39 is 0 Å². The average molecular weight is 296 g/mol. The SMILES string of the molecule is [CaH2].[Cr].[Fe].[SeH2].[Zn]. The molecule has 0 saturated carbocycles. The van der Waals surface area contributed by atoms with Gasteiger partial charge < -0.3 is 0 Å². The van der Waals surface area contributed by atoms with E-state index >= 15 is 0 Å². The largest absolute Gasteiger partial charge is 0 e. The second kappa shape index (κ2) is 26.0. The van der Waals surface area contributed by atoms with Crippen LogP contribution in [0.2, 0.25) is 0 Å². The quantitative estimate of drug-likeness (QED) is 0.461. The maximum Gasteiger partial charge on any atom is 0 e. The van der Waals surface area contributed by atoms with E-state index in [0.29, 0.717) is 0 Å². The molecule has 0 bridgehead atoms. The van der Waals surface area contributed by atoms with Crippen LogP contribution in [-0.2, 0) is 53.9 Å². The topological polar surface area (TPSA) is 0 Å². The number of hydrogen-bond donors (Lipinski definition) is 0. The van der Waals surface area contributed by atoms with Gasteiger partial charge >= 0.3 is 54.8 Å². The molecule has 0 aliphatic carbocycles. The Morgan fingerprint density at radius 2 is 1.00 bits per heavy atom.